The fourth-order valence-electron chi connectivity index (χ4n) is 2.98. The van der Waals surface area contributed by atoms with Gasteiger partial charge in [-0.15, -0.1) is 0 Å². The average molecular weight is 304 g/mol. The minimum absolute atomic E-state index is 0.0213. The summed E-state index contributed by atoms with van der Waals surface area (Å²) >= 11 is 0. The molecule has 1 aliphatic rings. The fourth-order valence-corrected chi connectivity index (χ4v) is 2.98. The SMILES string of the molecule is CCc1ccc(C(C)(C)CNC(=O)N2CCC[C@@H]2CO)cc1. The lowest BCUT2D eigenvalue weighted by Gasteiger charge is -2.29. The molecule has 1 saturated heterocycles. The van der Waals surface area contributed by atoms with Crippen molar-refractivity contribution in [2.24, 2.45) is 0 Å². The Morgan fingerprint density at radius 3 is 2.64 bits per heavy atom. The van der Waals surface area contributed by atoms with E-state index in [4.69, 9.17) is 0 Å². The van der Waals surface area contributed by atoms with Crippen LogP contribution in [-0.4, -0.2) is 41.8 Å². The molecular formula is C18H28N2O2. The van der Waals surface area contributed by atoms with Crippen molar-refractivity contribution in [3.8, 4) is 0 Å². The summed E-state index contributed by atoms with van der Waals surface area (Å²) in [4.78, 5) is 14.1. The van der Waals surface area contributed by atoms with E-state index in [-0.39, 0.29) is 24.1 Å². The van der Waals surface area contributed by atoms with Crippen molar-refractivity contribution >= 4 is 6.03 Å². The van der Waals surface area contributed by atoms with Gasteiger partial charge in [-0.25, -0.2) is 4.79 Å². The molecule has 1 heterocycles. The van der Waals surface area contributed by atoms with Crippen LogP contribution in [-0.2, 0) is 11.8 Å². The van der Waals surface area contributed by atoms with E-state index in [1.165, 1.54) is 11.1 Å². The molecule has 122 valence electrons. The molecule has 2 rings (SSSR count). The van der Waals surface area contributed by atoms with Crippen LogP contribution in [0.5, 0.6) is 0 Å². The summed E-state index contributed by atoms with van der Waals surface area (Å²) in [5.74, 6) is 0. The highest BCUT2D eigenvalue weighted by Gasteiger charge is 2.29. The maximum atomic E-state index is 12.3. The second-order valence-corrected chi connectivity index (χ2v) is 6.77. The molecule has 0 unspecified atom stereocenters. The van der Waals surface area contributed by atoms with E-state index in [0.717, 1.165) is 25.8 Å². The quantitative estimate of drug-likeness (QED) is 0.879. The van der Waals surface area contributed by atoms with Gasteiger partial charge in [0.1, 0.15) is 0 Å². The first-order valence-electron chi connectivity index (χ1n) is 8.22. The number of likely N-dealkylation sites (tertiary alicyclic amines) is 1. The third kappa shape index (κ3) is 3.80. The molecule has 2 amide bonds. The molecule has 2 N–H and O–H groups in total. The first-order valence-corrected chi connectivity index (χ1v) is 8.22. The maximum Gasteiger partial charge on any atom is 0.317 e. The number of hydrogen-bond donors (Lipinski definition) is 2. The van der Waals surface area contributed by atoms with E-state index in [1.54, 1.807) is 4.90 Å². The summed E-state index contributed by atoms with van der Waals surface area (Å²) in [5, 5.41) is 12.4. The monoisotopic (exact) mass is 304 g/mol. The number of nitrogens with zero attached hydrogens (tertiary/aromatic N) is 1. The van der Waals surface area contributed by atoms with Crippen molar-refractivity contribution in [2.75, 3.05) is 19.7 Å². The van der Waals surface area contributed by atoms with Gasteiger partial charge in [-0.05, 0) is 30.4 Å². The van der Waals surface area contributed by atoms with Gasteiger partial charge in [0.2, 0.25) is 0 Å². The van der Waals surface area contributed by atoms with Gasteiger partial charge in [-0.1, -0.05) is 45.0 Å². The zero-order chi connectivity index (χ0) is 16.2. The Balaban J connectivity index is 1.95. The van der Waals surface area contributed by atoms with Crippen LogP contribution >= 0.6 is 0 Å². The maximum absolute atomic E-state index is 12.3. The first-order chi connectivity index (χ1) is 10.5. The lowest BCUT2D eigenvalue weighted by Crippen LogP contribution is -2.47. The fraction of sp³-hybridized carbons (Fsp3) is 0.611. The van der Waals surface area contributed by atoms with Crippen LogP contribution in [0.15, 0.2) is 24.3 Å². The molecule has 1 aromatic carbocycles. The van der Waals surface area contributed by atoms with E-state index >= 15 is 0 Å². The molecule has 0 saturated carbocycles. The normalized spacial score (nSPS) is 18.5. The highest BCUT2D eigenvalue weighted by atomic mass is 16.3. The molecule has 0 bridgehead atoms. The molecule has 1 fully saturated rings. The van der Waals surface area contributed by atoms with Gasteiger partial charge in [-0.3, -0.25) is 0 Å². The van der Waals surface area contributed by atoms with E-state index in [0.29, 0.717) is 6.54 Å². The summed E-state index contributed by atoms with van der Waals surface area (Å²) in [6.07, 6.45) is 2.90. The number of benzene rings is 1. The average Bonchev–Trinajstić information content (AvgIpc) is 3.01. The number of aryl methyl sites for hydroxylation is 1. The summed E-state index contributed by atoms with van der Waals surface area (Å²) < 4.78 is 0. The number of carbonyl (C=O) groups is 1. The third-order valence-corrected chi connectivity index (χ3v) is 4.67. The Morgan fingerprint density at radius 2 is 2.05 bits per heavy atom. The van der Waals surface area contributed by atoms with Gasteiger partial charge in [0.05, 0.1) is 12.6 Å². The Bertz CT molecular complexity index is 496. The topological polar surface area (TPSA) is 52.6 Å². The number of urea groups is 1. The predicted molar refractivity (Wildman–Crippen MR) is 89.1 cm³/mol. The molecule has 22 heavy (non-hydrogen) atoms. The van der Waals surface area contributed by atoms with E-state index in [9.17, 15) is 9.90 Å². The number of amides is 2. The van der Waals surface area contributed by atoms with Crippen molar-refractivity contribution in [2.45, 2.75) is 51.5 Å². The number of aliphatic hydroxyl groups is 1. The molecule has 4 heteroatoms. The molecule has 0 aromatic heterocycles. The van der Waals surface area contributed by atoms with Crippen molar-refractivity contribution in [1.82, 2.24) is 10.2 Å². The van der Waals surface area contributed by atoms with Crippen LogP contribution in [0.3, 0.4) is 0 Å². The molecule has 1 aromatic rings. The van der Waals surface area contributed by atoms with Gasteiger partial charge < -0.3 is 15.3 Å². The van der Waals surface area contributed by atoms with E-state index < -0.39 is 0 Å². The molecule has 1 aliphatic heterocycles. The lowest BCUT2D eigenvalue weighted by molar-refractivity contribution is 0.156. The summed E-state index contributed by atoms with van der Waals surface area (Å²) in [5.41, 5.74) is 2.44. The zero-order valence-electron chi connectivity index (χ0n) is 13.9. The molecule has 4 nitrogen and oxygen atoms in total. The minimum atomic E-state index is -0.115. The summed E-state index contributed by atoms with van der Waals surface area (Å²) in [7, 11) is 0. The molecule has 0 spiro atoms. The van der Waals surface area contributed by atoms with Crippen LogP contribution < -0.4 is 5.32 Å². The van der Waals surface area contributed by atoms with E-state index in [1.807, 2.05) is 0 Å². The lowest BCUT2D eigenvalue weighted by atomic mass is 9.84. The van der Waals surface area contributed by atoms with E-state index in [2.05, 4.69) is 50.4 Å². The Labute approximate surface area is 133 Å². The van der Waals surface area contributed by atoms with Crippen molar-refractivity contribution < 1.29 is 9.90 Å². The van der Waals surface area contributed by atoms with Crippen LogP contribution in [0.4, 0.5) is 4.79 Å². The second-order valence-electron chi connectivity index (χ2n) is 6.77. The van der Waals surface area contributed by atoms with Crippen molar-refractivity contribution in [3.63, 3.8) is 0 Å². The summed E-state index contributed by atoms with van der Waals surface area (Å²) in [6, 6.07) is 8.53. The van der Waals surface area contributed by atoms with Crippen LogP contribution in [0, 0.1) is 0 Å². The number of hydrogen-bond acceptors (Lipinski definition) is 2. The van der Waals surface area contributed by atoms with Gasteiger partial charge in [-0.2, -0.15) is 0 Å². The zero-order valence-corrected chi connectivity index (χ0v) is 13.9. The Morgan fingerprint density at radius 1 is 1.36 bits per heavy atom. The van der Waals surface area contributed by atoms with Crippen LogP contribution in [0.25, 0.3) is 0 Å². The van der Waals surface area contributed by atoms with Gasteiger partial charge >= 0.3 is 6.03 Å². The predicted octanol–water partition coefficient (Wildman–Crippen LogP) is 2.69. The Hall–Kier alpha value is -1.55. The summed E-state index contributed by atoms with van der Waals surface area (Å²) in [6.45, 7) is 7.81. The number of rotatable bonds is 5. The van der Waals surface area contributed by atoms with Gasteiger partial charge in [0, 0.05) is 18.5 Å². The third-order valence-electron chi connectivity index (χ3n) is 4.67. The Kier molecular flexibility index (Phi) is 5.46. The molecule has 1 atom stereocenters. The van der Waals surface area contributed by atoms with Gasteiger partial charge in [0.15, 0.2) is 0 Å². The van der Waals surface area contributed by atoms with Gasteiger partial charge in [0.25, 0.3) is 0 Å². The number of carbonyl (C=O) groups excluding carboxylic acids is 1. The highest BCUT2D eigenvalue weighted by molar-refractivity contribution is 5.75. The first kappa shape index (κ1) is 16.8. The van der Waals surface area contributed by atoms with Crippen LogP contribution in [0.1, 0.15) is 44.7 Å². The highest BCUT2D eigenvalue weighted by Crippen LogP contribution is 2.23. The smallest absolute Gasteiger partial charge is 0.317 e. The second kappa shape index (κ2) is 7.14. The largest absolute Gasteiger partial charge is 0.394 e. The molecule has 0 aliphatic carbocycles. The van der Waals surface area contributed by atoms with Crippen molar-refractivity contribution in [3.05, 3.63) is 35.4 Å². The van der Waals surface area contributed by atoms with Crippen molar-refractivity contribution in [1.29, 1.82) is 0 Å². The number of aliphatic hydroxyl groups excluding tert-OH is 1. The minimum Gasteiger partial charge on any atom is -0.394 e. The number of nitrogens with one attached hydrogen (secondary N) is 1. The molecular weight excluding hydrogens is 276 g/mol. The van der Waals surface area contributed by atoms with Crippen LogP contribution in [0.2, 0.25) is 0 Å². The standard InChI is InChI=1S/C18H28N2O2/c1-4-14-7-9-15(10-8-14)18(2,3)13-19-17(22)20-11-5-6-16(20)12-21/h7-10,16,21H,4-6,11-13H2,1-3H3,(H,19,22)/t16-/m1/s1. The molecule has 0 radical (unpaired) electrons.